The van der Waals surface area contributed by atoms with Crippen molar-refractivity contribution in [2.75, 3.05) is 0 Å². The summed E-state index contributed by atoms with van der Waals surface area (Å²) in [6.45, 7) is 0. The summed E-state index contributed by atoms with van der Waals surface area (Å²) < 4.78 is 8.88. The number of pyridine rings is 1. The molecule has 46 heavy (non-hydrogen) atoms. The summed E-state index contributed by atoms with van der Waals surface area (Å²) in [7, 11) is 0. The number of hydrogen-bond acceptors (Lipinski definition) is 3. The second-order valence-corrected chi connectivity index (χ2v) is 14.0. The van der Waals surface area contributed by atoms with Gasteiger partial charge in [-0.1, -0.05) is 91.0 Å². The van der Waals surface area contributed by atoms with Crippen LogP contribution in [0.3, 0.4) is 0 Å². The summed E-state index contributed by atoms with van der Waals surface area (Å²) >= 11 is 3.83. The molecule has 0 aliphatic heterocycles. The Morgan fingerprint density at radius 2 is 1.17 bits per heavy atom. The molecule has 214 valence electrons. The van der Waals surface area contributed by atoms with E-state index in [1.807, 2.05) is 22.7 Å². The highest BCUT2D eigenvalue weighted by atomic mass is 32.1. The van der Waals surface area contributed by atoms with E-state index in [-0.39, 0.29) is 0 Å². The van der Waals surface area contributed by atoms with Gasteiger partial charge in [0.05, 0.1) is 31.5 Å². The van der Waals surface area contributed by atoms with Gasteiger partial charge in [-0.25, -0.2) is 4.98 Å². The standard InChI is InChI=1S/C41H23N3S2/c1-2-10-26(11-3-1)43-34-20-18-24(22-31(34)37-39-38(46-41(37)43)30-15-7-9-17-36(30)45-39)25-19-21-35-32(23-25)42-40-29-14-5-4-12-27(29)28-13-6-8-16-33(28)44(35)40/h1-23H. The van der Waals surface area contributed by atoms with Crippen LogP contribution in [0.15, 0.2) is 140 Å². The Hall–Kier alpha value is -5.49. The van der Waals surface area contributed by atoms with E-state index in [4.69, 9.17) is 4.98 Å². The molecular formula is C41H23N3S2. The fraction of sp³-hybridized carbons (Fsp3) is 0. The maximum absolute atomic E-state index is 5.25. The second kappa shape index (κ2) is 9.04. The number of nitrogens with zero attached hydrogens (tertiary/aromatic N) is 3. The molecule has 0 aliphatic rings. The largest absolute Gasteiger partial charge is 0.301 e. The van der Waals surface area contributed by atoms with Crippen molar-refractivity contribution in [3.05, 3.63) is 140 Å². The molecule has 0 spiro atoms. The lowest BCUT2D eigenvalue weighted by molar-refractivity contribution is 1.19. The molecule has 0 aliphatic carbocycles. The van der Waals surface area contributed by atoms with Gasteiger partial charge in [0.15, 0.2) is 0 Å². The van der Waals surface area contributed by atoms with E-state index in [2.05, 4.69) is 148 Å². The summed E-state index contributed by atoms with van der Waals surface area (Å²) in [5.74, 6) is 0. The number of benzene rings is 6. The van der Waals surface area contributed by atoms with Gasteiger partial charge in [-0.2, -0.15) is 0 Å². The molecule has 0 unspecified atom stereocenters. The molecule has 0 bridgehead atoms. The van der Waals surface area contributed by atoms with Crippen molar-refractivity contribution >= 4 is 102 Å². The van der Waals surface area contributed by atoms with Gasteiger partial charge in [-0.05, 0) is 65.0 Å². The maximum atomic E-state index is 5.25. The number of fused-ring (bicyclic) bond motifs is 15. The van der Waals surface area contributed by atoms with Crippen molar-refractivity contribution in [3.63, 3.8) is 0 Å². The molecule has 5 aromatic heterocycles. The number of imidazole rings is 1. The molecule has 0 saturated carbocycles. The third-order valence-corrected chi connectivity index (χ3v) is 12.0. The van der Waals surface area contributed by atoms with Gasteiger partial charge in [0.25, 0.3) is 0 Å². The molecule has 0 amide bonds. The van der Waals surface area contributed by atoms with Crippen LogP contribution >= 0.6 is 22.7 Å². The second-order valence-electron chi connectivity index (χ2n) is 12.0. The highest BCUT2D eigenvalue weighted by Gasteiger charge is 2.21. The van der Waals surface area contributed by atoms with E-state index in [1.54, 1.807) is 0 Å². The summed E-state index contributed by atoms with van der Waals surface area (Å²) in [6.07, 6.45) is 0. The summed E-state index contributed by atoms with van der Waals surface area (Å²) in [5, 5.41) is 7.66. The molecule has 0 N–H and O–H groups in total. The number of thiophene rings is 2. The zero-order chi connectivity index (χ0) is 29.9. The first-order valence-corrected chi connectivity index (χ1v) is 17.1. The predicted octanol–water partition coefficient (Wildman–Crippen LogP) is 12.0. The molecule has 11 rings (SSSR count). The van der Waals surface area contributed by atoms with Crippen molar-refractivity contribution in [3.8, 4) is 16.8 Å². The monoisotopic (exact) mass is 621 g/mol. The lowest BCUT2D eigenvalue weighted by Crippen LogP contribution is -1.92. The molecule has 5 heterocycles. The Balaban J connectivity index is 1.19. The minimum atomic E-state index is 1.00. The average molecular weight is 622 g/mol. The van der Waals surface area contributed by atoms with E-state index < -0.39 is 0 Å². The lowest BCUT2D eigenvalue weighted by Gasteiger charge is -2.09. The fourth-order valence-corrected chi connectivity index (χ4v) is 10.3. The normalized spacial score (nSPS) is 12.3. The maximum Gasteiger partial charge on any atom is 0.146 e. The number of aromatic nitrogens is 3. The van der Waals surface area contributed by atoms with Gasteiger partial charge >= 0.3 is 0 Å². The van der Waals surface area contributed by atoms with Crippen molar-refractivity contribution in [2.24, 2.45) is 0 Å². The van der Waals surface area contributed by atoms with Gasteiger partial charge < -0.3 is 4.57 Å². The predicted molar refractivity (Wildman–Crippen MR) is 198 cm³/mol. The van der Waals surface area contributed by atoms with Gasteiger partial charge in [0, 0.05) is 37.3 Å². The first-order chi connectivity index (χ1) is 22.8. The topological polar surface area (TPSA) is 22.2 Å². The van der Waals surface area contributed by atoms with Crippen LogP contribution in [0, 0.1) is 0 Å². The third kappa shape index (κ3) is 3.23. The van der Waals surface area contributed by atoms with Crippen LogP contribution in [0.1, 0.15) is 0 Å². The fourth-order valence-electron chi connectivity index (χ4n) is 7.47. The van der Waals surface area contributed by atoms with Gasteiger partial charge in [0.1, 0.15) is 10.5 Å². The van der Waals surface area contributed by atoms with Crippen LogP contribution in [0.2, 0.25) is 0 Å². The van der Waals surface area contributed by atoms with Crippen molar-refractivity contribution in [2.45, 2.75) is 0 Å². The molecule has 0 radical (unpaired) electrons. The molecule has 5 heteroatoms. The van der Waals surface area contributed by atoms with Crippen LogP contribution in [-0.2, 0) is 0 Å². The summed E-state index contributed by atoms with van der Waals surface area (Å²) in [6, 6.07) is 50.6. The Labute approximate surface area is 270 Å². The zero-order valence-electron chi connectivity index (χ0n) is 24.4. The van der Waals surface area contributed by atoms with E-state index >= 15 is 0 Å². The summed E-state index contributed by atoms with van der Waals surface area (Å²) in [5.41, 5.74) is 9.13. The Morgan fingerprint density at radius 1 is 0.478 bits per heavy atom. The SMILES string of the molecule is c1ccc(-n2c3ccc(-c4ccc5c(c4)nc4c6ccccc6c6ccccc6n54)cc3c3c4sc5ccccc5c4sc32)cc1. The number of para-hydroxylation sites is 2. The average Bonchev–Trinajstić information content (AvgIpc) is 3.85. The highest BCUT2D eigenvalue weighted by molar-refractivity contribution is 7.36. The molecule has 0 saturated heterocycles. The molecule has 6 aromatic carbocycles. The van der Waals surface area contributed by atoms with E-state index in [0.29, 0.717) is 0 Å². The first kappa shape index (κ1) is 24.8. The van der Waals surface area contributed by atoms with Crippen LogP contribution in [0.25, 0.3) is 95.8 Å². The first-order valence-electron chi connectivity index (χ1n) is 15.5. The molecule has 0 fully saturated rings. The van der Waals surface area contributed by atoms with Crippen LogP contribution in [0.5, 0.6) is 0 Å². The molecule has 11 aromatic rings. The van der Waals surface area contributed by atoms with E-state index in [1.165, 1.54) is 79.1 Å². The van der Waals surface area contributed by atoms with E-state index in [9.17, 15) is 0 Å². The van der Waals surface area contributed by atoms with E-state index in [0.717, 1.165) is 16.7 Å². The minimum Gasteiger partial charge on any atom is -0.301 e. The van der Waals surface area contributed by atoms with Gasteiger partial charge in [0.2, 0.25) is 0 Å². The number of rotatable bonds is 2. The van der Waals surface area contributed by atoms with Crippen LogP contribution in [0.4, 0.5) is 0 Å². The van der Waals surface area contributed by atoms with Crippen LogP contribution < -0.4 is 0 Å². The number of hydrogen-bond donors (Lipinski definition) is 0. The van der Waals surface area contributed by atoms with Crippen molar-refractivity contribution in [1.82, 2.24) is 14.0 Å². The lowest BCUT2D eigenvalue weighted by atomic mass is 10.0. The Morgan fingerprint density at radius 3 is 2.04 bits per heavy atom. The van der Waals surface area contributed by atoms with Crippen molar-refractivity contribution < 1.29 is 0 Å². The minimum absolute atomic E-state index is 1.00. The van der Waals surface area contributed by atoms with Gasteiger partial charge in [-0.15, -0.1) is 22.7 Å². The highest BCUT2D eigenvalue weighted by Crippen LogP contribution is 2.49. The third-order valence-electron chi connectivity index (χ3n) is 9.50. The Bertz CT molecular complexity index is 3030. The quantitative estimate of drug-likeness (QED) is 0.176. The Kier molecular flexibility index (Phi) is 4.87. The summed E-state index contributed by atoms with van der Waals surface area (Å²) in [4.78, 5) is 6.56. The molecule has 3 nitrogen and oxygen atoms in total. The van der Waals surface area contributed by atoms with Gasteiger partial charge in [-0.3, -0.25) is 4.40 Å². The zero-order valence-corrected chi connectivity index (χ0v) is 26.1. The van der Waals surface area contributed by atoms with Crippen LogP contribution in [-0.4, -0.2) is 14.0 Å². The van der Waals surface area contributed by atoms with Crippen molar-refractivity contribution in [1.29, 1.82) is 0 Å². The smallest absolute Gasteiger partial charge is 0.146 e. The molecular weight excluding hydrogens is 599 g/mol. The molecule has 0 atom stereocenters.